The first-order chi connectivity index (χ1) is 5.24. The van der Waals surface area contributed by atoms with Crippen LogP contribution in [0.4, 0.5) is 0 Å². The molecule has 0 aliphatic heterocycles. The van der Waals surface area contributed by atoms with E-state index in [2.05, 4.69) is 21.4 Å². The molecule has 0 atom stereocenters. The van der Waals surface area contributed by atoms with Crippen molar-refractivity contribution in [3.63, 3.8) is 0 Å². The summed E-state index contributed by atoms with van der Waals surface area (Å²) in [6, 6.07) is 5.47. The Morgan fingerprint density at radius 1 is 1.55 bits per heavy atom. The molecule has 0 amide bonds. The number of benzene rings is 1. The van der Waals surface area contributed by atoms with E-state index in [1.807, 2.05) is 12.1 Å². The fourth-order valence-electron chi connectivity index (χ4n) is 0.741. The molecule has 0 unspecified atom stereocenters. The second kappa shape index (κ2) is 4.07. The maximum Gasteiger partial charge on any atom is 0.0548 e. The van der Waals surface area contributed by atoms with Gasteiger partial charge in [0.25, 0.3) is 0 Å². The van der Waals surface area contributed by atoms with Crippen LogP contribution in [0.2, 0.25) is 5.02 Å². The summed E-state index contributed by atoms with van der Waals surface area (Å²) < 4.78 is 0.840. The van der Waals surface area contributed by atoms with Gasteiger partial charge in [-0.05, 0) is 33.6 Å². The van der Waals surface area contributed by atoms with Gasteiger partial charge in [0.1, 0.15) is 0 Å². The van der Waals surface area contributed by atoms with E-state index in [0.717, 1.165) is 10.0 Å². The van der Waals surface area contributed by atoms with Crippen LogP contribution in [0.1, 0.15) is 5.56 Å². The van der Waals surface area contributed by atoms with Gasteiger partial charge in [0.05, 0.1) is 5.02 Å². The van der Waals surface area contributed by atoms with E-state index in [1.54, 1.807) is 6.07 Å². The van der Waals surface area contributed by atoms with E-state index in [-0.39, 0.29) is 0 Å². The Labute approximate surface area is 78.3 Å². The van der Waals surface area contributed by atoms with Gasteiger partial charge in [0.15, 0.2) is 0 Å². The molecule has 0 fully saturated rings. The molecule has 0 spiro atoms. The smallest absolute Gasteiger partial charge is 0.0548 e. The SMILES string of the molecule is ONCc1ccc(Cl)c(Br)c1. The number of rotatable bonds is 2. The highest BCUT2D eigenvalue weighted by atomic mass is 79.9. The largest absolute Gasteiger partial charge is 0.316 e. The van der Waals surface area contributed by atoms with Crippen molar-refractivity contribution >= 4 is 27.5 Å². The van der Waals surface area contributed by atoms with Gasteiger partial charge < -0.3 is 5.21 Å². The Bertz CT molecular complexity index is 254. The molecule has 0 saturated carbocycles. The van der Waals surface area contributed by atoms with Crippen LogP contribution in [0.5, 0.6) is 0 Å². The average molecular weight is 236 g/mol. The molecular weight excluding hydrogens is 229 g/mol. The van der Waals surface area contributed by atoms with Crippen molar-refractivity contribution < 1.29 is 5.21 Å². The zero-order valence-electron chi connectivity index (χ0n) is 5.64. The Morgan fingerprint density at radius 2 is 2.27 bits per heavy atom. The molecule has 0 radical (unpaired) electrons. The van der Waals surface area contributed by atoms with Crippen molar-refractivity contribution in [1.29, 1.82) is 0 Å². The summed E-state index contributed by atoms with van der Waals surface area (Å²) in [6.07, 6.45) is 0. The minimum atomic E-state index is 0.426. The average Bonchev–Trinajstić information content (AvgIpc) is 1.98. The van der Waals surface area contributed by atoms with Crippen LogP contribution < -0.4 is 5.48 Å². The summed E-state index contributed by atoms with van der Waals surface area (Å²) >= 11 is 9.03. The fraction of sp³-hybridized carbons (Fsp3) is 0.143. The standard InChI is InChI=1S/C7H7BrClNO/c8-6-3-5(4-10-11)1-2-7(6)9/h1-3,10-11H,4H2. The lowest BCUT2D eigenvalue weighted by molar-refractivity contribution is 0.161. The number of nitrogens with one attached hydrogen (secondary N) is 1. The molecule has 1 aromatic rings. The molecule has 11 heavy (non-hydrogen) atoms. The predicted molar refractivity (Wildman–Crippen MR) is 47.8 cm³/mol. The highest BCUT2D eigenvalue weighted by molar-refractivity contribution is 9.10. The van der Waals surface area contributed by atoms with Gasteiger partial charge in [0.2, 0.25) is 0 Å². The van der Waals surface area contributed by atoms with Gasteiger partial charge in [-0.15, -0.1) is 0 Å². The molecule has 0 saturated heterocycles. The lowest BCUT2D eigenvalue weighted by Crippen LogP contribution is -2.05. The normalized spacial score (nSPS) is 10.1. The summed E-state index contributed by atoms with van der Waals surface area (Å²) in [5, 5.41) is 9.05. The molecule has 60 valence electrons. The van der Waals surface area contributed by atoms with Crippen LogP contribution in [-0.4, -0.2) is 5.21 Å². The van der Waals surface area contributed by atoms with Crippen molar-refractivity contribution in [1.82, 2.24) is 5.48 Å². The molecule has 1 aromatic carbocycles. The van der Waals surface area contributed by atoms with Crippen molar-refractivity contribution in [2.45, 2.75) is 6.54 Å². The Balaban J connectivity index is 2.86. The summed E-state index contributed by atoms with van der Waals surface area (Å²) in [5.41, 5.74) is 3.04. The number of halogens is 2. The monoisotopic (exact) mass is 235 g/mol. The minimum Gasteiger partial charge on any atom is -0.316 e. The fourth-order valence-corrected chi connectivity index (χ4v) is 1.28. The third kappa shape index (κ3) is 2.45. The molecule has 0 aliphatic carbocycles. The van der Waals surface area contributed by atoms with Gasteiger partial charge in [-0.3, -0.25) is 0 Å². The van der Waals surface area contributed by atoms with E-state index in [4.69, 9.17) is 16.8 Å². The summed E-state index contributed by atoms with van der Waals surface area (Å²) in [6.45, 7) is 0.426. The molecule has 0 aromatic heterocycles. The van der Waals surface area contributed by atoms with E-state index >= 15 is 0 Å². The first-order valence-electron chi connectivity index (χ1n) is 3.05. The Kier molecular flexibility index (Phi) is 3.33. The summed E-state index contributed by atoms with van der Waals surface area (Å²) in [7, 11) is 0. The first-order valence-corrected chi connectivity index (χ1v) is 4.22. The Morgan fingerprint density at radius 3 is 2.82 bits per heavy atom. The van der Waals surface area contributed by atoms with Gasteiger partial charge in [0, 0.05) is 11.0 Å². The lowest BCUT2D eigenvalue weighted by Gasteiger charge is -2.00. The summed E-state index contributed by atoms with van der Waals surface area (Å²) in [4.78, 5) is 0. The third-order valence-electron chi connectivity index (χ3n) is 1.27. The quantitative estimate of drug-likeness (QED) is 0.774. The minimum absolute atomic E-state index is 0.426. The molecule has 4 heteroatoms. The summed E-state index contributed by atoms with van der Waals surface area (Å²) in [5.74, 6) is 0. The molecule has 0 bridgehead atoms. The maximum atomic E-state index is 8.38. The van der Waals surface area contributed by atoms with E-state index in [0.29, 0.717) is 11.6 Å². The van der Waals surface area contributed by atoms with Crippen LogP contribution in [0, 0.1) is 0 Å². The van der Waals surface area contributed by atoms with Gasteiger partial charge in [-0.1, -0.05) is 17.7 Å². The second-order valence-corrected chi connectivity index (χ2v) is 3.34. The number of hydrogen-bond donors (Lipinski definition) is 2. The topological polar surface area (TPSA) is 32.3 Å². The lowest BCUT2D eigenvalue weighted by atomic mass is 10.2. The third-order valence-corrected chi connectivity index (χ3v) is 2.48. The molecule has 0 aliphatic rings. The van der Waals surface area contributed by atoms with Gasteiger partial charge in [-0.2, -0.15) is 0 Å². The van der Waals surface area contributed by atoms with Crippen LogP contribution in [0.3, 0.4) is 0 Å². The van der Waals surface area contributed by atoms with E-state index in [1.165, 1.54) is 0 Å². The predicted octanol–water partition coefficient (Wildman–Crippen LogP) is 2.58. The highest BCUT2D eigenvalue weighted by Crippen LogP contribution is 2.22. The van der Waals surface area contributed by atoms with E-state index in [9.17, 15) is 0 Å². The zero-order valence-corrected chi connectivity index (χ0v) is 7.98. The second-order valence-electron chi connectivity index (χ2n) is 2.08. The van der Waals surface area contributed by atoms with Crippen LogP contribution in [0.25, 0.3) is 0 Å². The molecular formula is C7H7BrClNO. The van der Waals surface area contributed by atoms with E-state index < -0.39 is 0 Å². The van der Waals surface area contributed by atoms with Crippen LogP contribution >= 0.6 is 27.5 Å². The van der Waals surface area contributed by atoms with Crippen molar-refractivity contribution in [3.8, 4) is 0 Å². The van der Waals surface area contributed by atoms with Gasteiger partial charge >= 0.3 is 0 Å². The maximum absolute atomic E-state index is 8.38. The van der Waals surface area contributed by atoms with Crippen molar-refractivity contribution in [2.75, 3.05) is 0 Å². The Hall–Kier alpha value is -0.0900. The van der Waals surface area contributed by atoms with Gasteiger partial charge in [-0.25, -0.2) is 5.48 Å². The van der Waals surface area contributed by atoms with Crippen molar-refractivity contribution in [3.05, 3.63) is 33.3 Å². The number of hydrogen-bond acceptors (Lipinski definition) is 2. The van der Waals surface area contributed by atoms with Crippen molar-refractivity contribution in [2.24, 2.45) is 0 Å². The molecule has 2 N–H and O–H groups in total. The van der Waals surface area contributed by atoms with Crippen LogP contribution in [0.15, 0.2) is 22.7 Å². The highest BCUT2D eigenvalue weighted by Gasteiger charge is 1.97. The molecule has 0 heterocycles. The molecule has 1 rings (SSSR count). The first kappa shape index (κ1) is 9.00. The number of hydroxylamine groups is 1. The zero-order chi connectivity index (χ0) is 8.27. The molecule has 2 nitrogen and oxygen atoms in total. The van der Waals surface area contributed by atoms with Crippen LogP contribution in [-0.2, 0) is 6.54 Å².